The number of carbonyl (C=O) groups excluding carboxylic acids is 2. The second kappa shape index (κ2) is 13.4. The molecular formula is C41H41F3N6O6. The van der Waals surface area contributed by atoms with Gasteiger partial charge in [0, 0.05) is 29.4 Å². The number of amides is 2. The van der Waals surface area contributed by atoms with Crippen LogP contribution in [-0.4, -0.2) is 78.6 Å². The van der Waals surface area contributed by atoms with Crippen LogP contribution in [-0.2, 0) is 9.47 Å². The van der Waals surface area contributed by atoms with Crippen molar-refractivity contribution in [2.75, 3.05) is 13.1 Å². The highest BCUT2D eigenvalue weighted by Crippen LogP contribution is 2.37. The van der Waals surface area contributed by atoms with E-state index in [-0.39, 0.29) is 53.3 Å². The molecule has 2 saturated heterocycles. The van der Waals surface area contributed by atoms with E-state index in [2.05, 4.69) is 19.9 Å². The van der Waals surface area contributed by atoms with Gasteiger partial charge in [0.05, 0.1) is 59.7 Å². The number of hydrogen-bond acceptors (Lipinski definition) is 8. The highest BCUT2D eigenvalue weighted by atomic mass is 19.1. The molecule has 56 heavy (non-hydrogen) atoms. The number of ether oxygens (including phenoxy) is 2. The van der Waals surface area contributed by atoms with Gasteiger partial charge in [-0.15, -0.1) is 0 Å². The molecule has 2 fully saturated rings. The lowest BCUT2D eigenvalue weighted by Gasteiger charge is -2.27. The van der Waals surface area contributed by atoms with E-state index in [1.165, 1.54) is 9.80 Å². The van der Waals surface area contributed by atoms with Gasteiger partial charge in [0.15, 0.2) is 11.4 Å². The first kappa shape index (κ1) is 37.1. The fourth-order valence-electron chi connectivity index (χ4n) is 7.44. The Morgan fingerprint density at radius 3 is 1.80 bits per heavy atom. The summed E-state index contributed by atoms with van der Waals surface area (Å²) in [5, 5.41) is 0.909. The van der Waals surface area contributed by atoms with Gasteiger partial charge >= 0.3 is 12.2 Å². The maximum absolute atomic E-state index is 16.1. The fraction of sp³-hybridized carbons (Fsp3) is 0.390. The molecule has 0 bridgehead atoms. The molecule has 2 N–H and O–H groups in total. The Morgan fingerprint density at radius 1 is 0.750 bits per heavy atom. The van der Waals surface area contributed by atoms with Crippen LogP contribution in [0.1, 0.15) is 78.1 Å². The normalized spacial score (nSPS) is 20.4. The first-order valence-electron chi connectivity index (χ1n) is 18.4. The monoisotopic (exact) mass is 770 g/mol. The predicted octanol–water partition coefficient (Wildman–Crippen LogP) is 9.06. The molecule has 0 spiro atoms. The number of nitrogens with zero attached hydrogens (tertiary/aromatic N) is 4. The zero-order valence-corrected chi connectivity index (χ0v) is 31.7. The molecule has 0 saturated carbocycles. The summed E-state index contributed by atoms with van der Waals surface area (Å²) in [4.78, 5) is 57.7. The number of benzene rings is 3. The van der Waals surface area contributed by atoms with Crippen molar-refractivity contribution < 1.29 is 36.7 Å². The van der Waals surface area contributed by atoms with Gasteiger partial charge < -0.3 is 23.9 Å². The smallest absolute Gasteiger partial charge is 0.411 e. The lowest BCUT2D eigenvalue weighted by Crippen LogP contribution is -2.37. The number of imidazole rings is 2. The molecule has 3 aromatic heterocycles. The second-order valence-electron chi connectivity index (χ2n) is 16.5. The van der Waals surface area contributed by atoms with Crippen LogP contribution in [0, 0.1) is 5.82 Å². The topological polar surface area (TPSA) is 147 Å². The first-order chi connectivity index (χ1) is 26.4. The summed E-state index contributed by atoms with van der Waals surface area (Å²) < 4.78 is 62.2. The van der Waals surface area contributed by atoms with Crippen LogP contribution in [0.4, 0.5) is 22.8 Å². The summed E-state index contributed by atoms with van der Waals surface area (Å²) >= 11 is 0. The lowest BCUT2D eigenvalue weighted by molar-refractivity contribution is 0.0201. The highest BCUT2D eigenvalue weighted by molar-refractivity contribution is 6.01. The molecule has 0 unspecified atom stereocenters. The summed E-state index contributed by atoms with van der Waals surface area (Å²) in [6.07, 6.45) is -0.538. The Kier molecular flexibility index (Phi) is 8.88. The average Bonchev–Trinajstić information content (AvgIpc) is 3.93. The van der Waals surface area contributed by atoms with E-state index in [1.54, 1.807) is 96.4 Å². The summed E-state index contributed by atoms with van der Waals surface area (Å²) in [5.41, 5.74) is 0.317. The second-order valence-corrected chi connectivity index (χ2v) is 16.5. The van der Waals surface area contributed by atoms with E-state index in [9.17, 15) is 23.2 Å². The zero-order valence-electron chi connectivity index (χ0n) is 31.7. The van der Waals surface area contributed by atoms with Gasteiger partial charge in [-0.05, 0) is 77.3 Å². The Morgan fingerprint density at radius 2 is 1.27 bits per heavy atom. The number of fused-ring (bicyclic) bond motifs is 3. The summed E-state index contributed by atoms with van der Waals surface area (Å²) in [6, 6.07) is 10.1. The van der Waals surface area contributed by atoms with Crippen LogP contribution in [0.3, 0.4) is 0 Å². The van der Waals surface area contributed by atoms with Crippen LogP contribution in [0.25, 0.3) is 55.2 Å². The number of rotatable bonds is 4. The molecule has 4 atom stereocenters. The maximum atomic E-state index is 16.1. The SMILES string of the molecule is CC(C)(C)OC(=O)N1C[C@H](F)C[C@H]1c1ncc(-c2ccc3c(F)c4oc5ccc(-c6cnc([C@@H]7C[C@@H](F)CN7C(=O)OC(C)(C)C)[nH]6)cc5c(=O)c4cc3c2)[nH]1. The number of halogens is 3. The molecule has 12 nitrogen and oxygen atoms in total. The Balaban J connectivity index is 1.10. The molecule has 3 aromatic carbocycles. The quantitative estimate of drug-likeness (QED) is 0.169. The Bertz CT molecular complexity index is 2590. The molecule has 6 aromatic rings. The molecule has 2 amide bonds. The van der Waals surface area contributed by atoms with Crippen molar-refractivity contribution in [1.82, 2.24) is 29.7 Å². The summed E-state index contributed by atoms with van der Waals surface area (Å²) in [7, 11) is 0. The minimum atomic E-state index is -1.25. The van der Waals surface area contributed by atoms with Crippen LogP contribution < -0.4 is 5.43 Å². The number of H-pyrrole nitrogens is 2. The molecule has 2 aliphatic rings. The van der Waals surface area contributed by atoms with Crippen molar-refractivity contribution in [1.29, 1.82) is 0 Å². The third-order valence-electron chi connectivity index (χ3n) is 9.91. The van der Waals surface area contributed by atoms with Crippen molar-refractivity contribution in [2.24, 2.45) is 0 Å². The van der Waals surface area contributed by atoms with Gasteiger partial charge in [-0.25, -0.2) is 32.7 Å². The molecule has 15 heteroatoms. The van der Waals surface area contributed by atoms with E-state index >= 15 is 4.39 Å². The van der Waals surface area contributed by atoms with Gasteiger partial charge in [-0.2, -0.15) is 0 Å². The third-order valence-corrected chi connectivity index (χ3v) is 9.91. The molecule has 0 radical (unpaired) electrons. The number of nitrogens with one attached hydrogen (secondary N) is 2. The van der Waals surface area contributed by atoms with Crippen molar-refractivity contribution in [3.8, 4) is 22.5 Å². The number of aromatic nitrogens is 4. The number of alkyl halides is 2. The van der Waals surface area contributed by atoms with Crippen molar-refractivity contribution >= 4 is 44.9 Å². The molecular weight excluding hydrogens is 729 g/mol. The number of carbonyl (C=O) groups is 2. The van der Waals surface area contributed by atoms with Gasteiger partial charge in [0.2, 0.25) is 5.43 Å². The van der Waals surface area contributed by atoms with E-state index in [0.717, 1.165) is 0 Å². The maximum Gasteiger partial charge on any atom is 0.411 e. The van der Waals surface area contributed by atoms with Crippen LogP contribution >= 0.6 is 0 Å². The first-order valence-corrected chi connectivity index (χ1v) is 18.4. The standard InChI is InChI=1S/C41H41F3N6O6/c1-40(2,3)55-38(52)49-18-23(42)14-30(49)36-45-16-28(47-36)20-7-9-25-22(11-20)13-27-34(51)26-12-21(8-10-32(26)54-35(27)33(25)44)29-17-46-37(48-29)31-15-24(43)19-50(31)39(53)56-41(4,5)6/h7-13,16-17,23-24,30-31H,14-15,18-19H2,1-6H3,(H,45,47)(H,46,48)/t23-,24-,30+,31+/m1/s1. The Labute approximate surface area is 319 Å². The molecule has 8 rings (SSSR count). The van der Waals surface area contributed by atoms with Crippen molar-refractivity contribution in [2.45, 2.75) is 90.0 Å². The highest BCUT2D eigenvalue weighted by Gasteiger charge is 2.41. The Hall–Kier alpha value is -5.86. The summed E-state index contributed by atoms with van der Waals surface area (Å²) in [6.45, 7) is 10.2. The van der Waals surface area contributed by atoms with Gasteiger partial charge in [-0.3, -0.25) is 14.6 Å². The summed E-state index contributed by atoms with van der Waals surface area (Å²) in [5.74, 6) is 0.0692. The van der Waals surface area contributed by atoms with Crippen LogP contribution in [0.2, 0.25) is 0 Å². The largest absolute Gasteiger partial charge is 0.453 e. The van der Waals surface area contributed by atoms with E-state index in [1.807, 2.05) is 0 Å². The van der Waals surface area contributed by atoms with Crippen LogP contribution in [0.15, 0.2) is 64.1 Å². The lowest BCUT2D eigenvalue weighted by atomic mass is 10.0. The van der Waals surface area contributed by atoms with Crippen molar-refractivity contribution in [3.05, 3.63) is 82.5 Å². The predicted molar refractivity (Wildman–Crippen MR) is 203 cm³/mol. The molecule has 292 valence electrons. The van der Waals surface area contributed by atoms with E-state index < -0.39 is 59.1 Å². The average molecular weight is 771 g/mol. The zero-order chi connectivity index (χ0) is 39.8. The third kappa shape index (κ3) is 6.94. The fourth-order valence-corrected chi connectivity index (χ4v) is 7.44. The number of hydrogen-bond donors (Lipinski definition) is 2. The molecule has 0 aliphatic carbocycles. The molecule has 5 heterocycles. The van der Waals surface area contributed by atoms with Gasteiger partial charge in [0.25, 0.3) is 0 Å². The number of likely N-dealkylation sites (tertiary alicyclic amines) is 2. The van der Waals surface area contributed by atoms with Gasteiger partial charge in [0.1, 0.15) is 40.8 Å². The van der Waals surface area contributed by atoms with Crippen LogP contribution in [0.5, 0.6) is 0 Å². The minimum Gasteiger partial charge on any atom is -0.453 e. The van der Waals surface area contributed by atoms with Gasteiger partial charge in [-0.1, -0.05) is 12.1 Å². The minimum absolute atomic E-state index is 0.0355. The van der Waals surface area contributed by atoms with E-state index in [0.29, 0.717) is 39.5 Å². The van der Waals surface area contributed by atoms with Crippen molar-refractivity contribution in [3.63, 3.8) is 0 Å². The number of aromatic amines is 2. The van der Waals surface area contributed by atoms with E-state index in [4.69, 9.17) is 13.9 Å². The molecule has 2 aliphatic heterocycles.